The normalized spacial score (nSPS) is 20.9. The second kappa shape index (κ2) is 19.6. The molecule has 31 rings (SSSR count). The minimum absolute atomic E-state index is 0.413. The molecule has 0 N–H and O–H groups in total. The average molecular weight is 1230 g/mol. The molecule has 4 heteroatoms. The number of hydrogen-bond donors (Lipinski definition) is 0. The molecule has 10 aromatic carbocycles. The van der Waals surface area contributed by atoms with Crippen LogP contribution in [0, 0.1) is 0 Å². The van der Waals surface area contributed by atoms with E-state index < -0.39 is 17.3 Å². The van der Waals surface area contributed by atoms with Crippen molar-refractivity contribution in [2.24, 2.45) is 0 Å². The molecular formula is C72H48Br4. The fourth-order valence-electron chi connectivity index (χ4n) is 10.8. The van der Waals surface area contributed by atoms with E-state index in [1.165, 1.54) is 111 Å². The first kappa shape index (κ1) is 48.7. The fourth-order valence-corrected chi connectivity index (χ4v) is 12.9. The van der Waals surface area contributed by atoms with Gasteiger partial charge in [0.05, 0.1) is 17.3 Å². The summed E-state index contributed by atoms with van der Waals surface area (Å²) in [7, 11) is 0. The van der Waals surface area contributed by atoms with Crippen molar-refractivity contribution in [1.82, 2.24) is 0 Å². The summed E-state index contributed by atoms with van der Waals surface area (Å²) >= 11 is 16.3. The molecule has 0 nitrogen and oxygen atoms in total. The zero-order valence-corrected chi connectivity index (χ0v) is 47.6. The Morgan fingerprint density at radius 3 is 0.303 bits per heavy atom. The Bertz CT molecular complexity index is 3320. The lowest BCUT2D eigenvalue weighted by molar-refractivity contribution is 0.899. The summed E-state index contributed by atoms with van der Waals surface area (Å²) < 4.78 is -1.65. The van der Waals surface area contributed by atoms with Crippen LogP contribution in [-0.2, 0) is 17.3 Å². The van der Waals surface area contributed by atoms with Crippen molar-refractivity contribution >= 4 is 63.7 Å². The smallest absolute Gasteiger partial charge is 0.0709 e. The lowest BCUT2D eigenvalue weighted by Crippen LogP contribution is -2.22. The Kier molecular flexibility index (Phi) is 12.5. The van der Waals surface area contributed by atoms with E-state index in [0.717, 1.165) is 0 Å². The maximum atomic E-state index is 4.08. The third-order valence-corrected chi connectivity index (χ3v) is 19.5. The molecule has 0 aromatic heterocycles. The van der Waals surface area contributed by atoms with Gasteiger partial charge in [0.2, 0.25) is 0 Å². The third kappa shape index (κ3) is 9.34. The van der Waals surface area contributed by atoms with E-state index >= 15 is 0 Å². The first-order chi connectivity index (χ1) is 37.0. The molecule has 21 aliphatic carbocycles. The van der Waals surface area contributed by atoms with E-state index in [1.54, 1.807) is 0 Å². The summed E-state index contributed by atoms with van der Waals surface area (Å²) in [6.07, 6.45) is 18.0. The molecule has 0 radical (unpaired) electrons. The summed E-state index contributed by atoms with van der Waals surface area (Å²) in [6.45, 7) is 0. The highest BCUT2D eigenvalue weighted by molar-refractivity contribution is 9.10. The van der Waals surface area contributed by atoms with Crippen molar-refractivity contribution in [3.8, 4) is 89.0 Å². The molecule has 0 atom stereocenters. The van der Waals surface area contributed by atoms with E-state index in [2.05, 4.69) is 355 Å². The van der Waals surface area contributed by atoms with Gasteiger partial charge in [-0.3, -0.25) is 0 Å². The summed E-state index contributed by atoms with van der Waals surface area (Å²) in [6, 6.07) is 88.9. The summed E-state index contributed by atoms with van der Waals surface area (Å²) in [4.78, 5) is 0. The standard InChI is InChI=1S/C72H48Br4/c73-69-41-43-71(75,44-42-69)67-37-29-63(30-38-67)59-21-13-55(14-22-59)51-5-7-52(8-6-51)56-15-23-60(24-16-56)64-31-39-68(40-32-64)72(76)47-45-70(74,46-48-72)66-35-27-62(28-36-66)58-19-11-54(12-20-58)50-2-1-49(3-4-50)53-9-17-57(18-10-53)61-25-33-65(69)34-26-61/h1-48H. The molecule has 24 bridgehead atoms. The van der Waals surface area contributed by atoms with Gasteiger partial charge in [0.1, 0.15) is 0 Å². The maximum Gasteiger partial charge on any atom is 0.0867 e. The SMILES string of the molecule is BrC12C=CC(Br)(C=C1)c1ccc(cc1)-c1ccc(cc1)-c1ccc(cc1)-c1ccc(cc1)-c1ccc(cc1)C1(Br)C=CC(Br)(C=C1)c1ccc(cc1)-c1ccc(cc1)-c1ccc(cc1)-c1ccc(cc1)-c1ccc2cc1. The zero-order chi connectivity index (χ0) is 51.5. The van der Waals surface area contributed by atoms with Gasteiger partial charge in [-0.1, -0.05) is 355 Å². The highest BCUT2D eigenvalue weighted by atomic mass is 79.9. The molecule has 0 unspecified atom stereocenters. The van der Waals surface area contributed by atoms with Crippen molar-refractivity contribution in [2.45, 2.75) is 17.3 Å². The lowest BCUT2D eigenvalue weighted by atomic mass is 9.86. The van der Waals surface area contributed by atoms with Crippen molar-refractivity contribution in [3.05, 3.63) is 314 Å². The fraction of sp³-hybridized carbons (Fsp3) is 0.0556. The first-order valence-electron chi connectivity index (χ1n) is 25.6. The molecule has 0 fully saturated rings. The Labute approximate surface area is 479 Å². The van der Waals surface area contributed by atoms with E-state index in [0.29, 0.717) is 0 Å². The van der Waals surface area contributed by atoms with Crippen LogP contribution in [0.2, 0.25) is 0 Å². The van der Waals surface area contributed by atoms with Gasteiger partial charge in [-0.2, -0.15) is 0 Å². The van der Waals surface area contributed by atoms with Crippen LogP contribution >= 0.6 is 63.7 Å². The van der Waals surface area contributed by atoms with E-state index in [4.69, 9.17) is 0 Å². The number of allylic oxidation sites excluding steroid dienone is 8. The minimum Gasteiger partial charge on any atom is -0.0709 e. The van der Waals surface area contributed by atoms with Gasteiger partial charge in [0.15, 0.2) is 0 Å². The minimum atomic E-state index is -0.413. The predicted octanol–water partition coefficient (Wildman–Crippen LogP) is 21.3. The van der Waals surface area contributed by atoms with Gasteiger partial charge in [-0.15, -0.1) is 0 Å². The molecule has 21 aliphatic rings. The van der Waals surface area contributed by atoms with Gasteiger partial charge in [-0.05, 0) is 111 Å². The highest BCUT2D eigenvalue weighted by Crippen LogP contribution is 2.48. The molecular weight excluding hydrogens is 1180 g/mol. The van der Waals surface area contributed by atoms with Crippen LogP contribution in [0.1, 0.15) is 22.3 Å². The number of benzene rings is 10. The number of rotatable bonds is 0. The van der Waals surface area contributed by atoms with Crippen molar-refractivity contribution < 1.29 is 0 Å². The Balaban J connectivity index is 0.779. The maximum absolute atomic E-state index is 4.08. The Hall–Kier alpha value is -6.92. The van der Waals surface area contributed by atoms with Crippen LogP contribution in [0.4, 0.5) is 0 Å². The number of halogens is 4. The summed E-state index contributed by atoms with van der Waals surface area (Å²) in [5.74, 6) is 0. The highest BCUT2D eigenvalue weighted by Gasteiger charge is 2.34. The quantitative estimate of drug-likeness (QED) is 0.105. The van der Waals surface area contributed by atoms with Gasteiger partial charge in [-0.25, -0.2) is 0 Å². The second-order valence-electron chi connectivity index (χ2n) is 20.2. The average Bonchev–Trinajstić information content (AvgIpc) is 3.52. The van der Waals surface area contributed by atoms with Gasteiger partial charge >= 0.3 is 0 Å². The largest absolute Gasteiger partial charge is 0.0867 e. The number of hydrogen-bond acceptors (Lipinski definition) is 0. The topological polar surface area (TPSA) is 0 Å². The monoisotopic (exact) mass is 1230 g/mol. The van der Waals surface area contributed by atoms with E-state index in [9.17, 15) is 0 Å². The summed E-state index contributed by atoms with van der Waals surface area (Å²) in [5.41, 5.74) is 23.7. The summed E-state index contributed by atoms with van der Waals surface area (Å²) in [5, 5.41) is 0. The van der Waals surface area contributed by atoms with Crippen molar-refractivity contribution in [1.29, 1.82) is 0 Å². The lowest BCUT2D eigenvalue weighted by Gasteiger charge is -2.31. The zero-order valence-electron chi connectivity index (χ0n) is 41.2. The van der Waals surface area contributed by atoms with E-state index in [-0.39, 0.29) is 0 Å². The molecule has 0 aliphatic heterocycles. The first-order valence-corrected chi connectivity index (χ1v) is 28.8. The van der Waals surface area contributed by atoms with Crippen LogP contribution in [0.3, 0.4) is 0 Å². The second-order valence-corrected chi connectivity index (χ2v) is 25.4. The van der Waals surface area contributed by atoms with E-state index in [1.807, 2.05) is 0 Å². The Morgan fingerprint density at radius 2 is 0.211 bits per heavy atom. The molecule has 0 saturated heterocycles. The van der Waals surface area contributed by atoms with Crippen LogP contribution < -0.4 is 0 Å². The molecule has 0 saturated carbocycles. The molecule has 0 heterocycles. The van der Waals surface area contributed by atoms with Crippen LogP contribution in [0.25, 0.3) is 89.0 Å². The molecule has 364 valence electrons. The molecule has 0 spiro atoms. The Morgan fingerprint density at radius 1 is 0.132 bits per heavy atom. The van der Waals surface area contributed by atoms with Gasteiger partial charge in [0, 0.05) is 0 Å². The van der Waals surface area contributed by atoms with Crippen molar-refractivity contribution in [2.75, 3.05) is 0 Å². The molecule has 10 aromatic rings. The van der Waals surface area contributed by atoms with Crippen LogP contribution in [-0.4, -0.2) is 0 Å². The molecule has 76 heavy (non-hydrogen) atoms. The number of alkyl halides is 4. The van der Waals surface area contributed by atoms with Gasteiger partial charge in [0.25, 0.3) is 0 Å². The predicted molar refractivity (Wildman–Crippen MR) is 335 cm³/mol. The third-order valence-electron chi connectivity index (χ3n) is 15.6. The molecule has 0 amide bonds. The van der Waals surface area contributed by atoms with Crippen LogP contribution in [0.15, 0.2) is 291 Å². The van der Waals surface area contributed by atoms with Crippen LogP contribution in [0.5, 0.6) is 0 Å². The van der Waals surface area contributed by atoms with Gasteiger partial charge < -0.3 is 0 Å². The van der Waals surface area contributed by atoms with Crippen molar-refractivity contribution in [3.63, 3.8) is 0 Å².